The molecule has 2 aliphatic rings. The van der Waals surface area contributed by atoms with Crippen LogP contribution in [-0.4, -0.2) is 54.4 Å². The molecule has 1 N–H and O–H groups in total. The molecule has 4 rings (SSSR count). The SMILES string of the molecule is Cc1ccc2c3c(c[nH]c13)CC1C2=CC(C(=O)N(C)C)CN1C. The zero-order valence-electron chi connectivity index (χ0n) is 14.2. The molecule has 1 aromatic carbocycles. The first-order chi connectivity index (χ1) is 11.0. The van der Waals surface area contributed by atoms with Gasteiger partial charge >= 0.3 is 0 Å². The van der Waals surface area contributed by atoms with E-state index in [1.807, 2.05) is 14.1 Å². The average molecular weight is 309 g/mol. The number of fused-ring (bicyclic) bond motifs is 2. The molecule has 2 heterocycles. The summed E-state index contributed by atoms with van der Waals surface area (Å²) in [6, 6.07) is 4.78. The van der Waals surface area contributed by atoms with Crippen LogP contribution in [0.4, 0.5) is 0 Å². The molecule has 0 saturated heterocycles. The number of carbonyl (C=O) groups excluding carboxylic acids is 1. The van der Waals surface area contributed by atoms with Gasteiger partial charge in [0.15, 0.2) is 0 Å². The fourth-order valence-electron chi connectivity index (χ4n) is 4.14. The van der Waals surface area contributed by atoms with Crippen LogP contribution in [0.5, 0.6) is 0 Å². The molecule has 120 valence electrons. The monoisotopic (exact) mass is 309 g/mol. The van der Waals surface area contributed by atoms with Crippen molar-refractivity contribution < 1.29 is 4.79 Å². The molecule has 2 aromatic rings. The van der Waals surface area contributed by atoms with Gasteiger partial charge in [-0.15, -0.1) is 0 Å². The molecule has 0 saturated carbocycles. The molecule has 4 nitrogen and oxygen atoms in total. The van der Waals surface area contributed by atoms with E-state index >= 15 is 0 Å². The van der Waals surface area contributed by atoms with E-state index in [-0.39, 0.29) is 11.8 Å². The van der Waals surface area contributed by atoms with Gasteiger partial charge in [0.1, 0.15) is 0 Å². The molecular formula is C19H23N3O. The Morgan fingerprint density at radius 1 is 1.35 bits per heavy atom. The van der Waals surface area contributed by atoms with Crippen molar-refractivity contribution in [3.8, 4) is 0 Å². The van der Waals surface area contributed by atoms with Crippen LogP contribution in [0.3, 0.4) is 0 Å². The number of aromatic amines is 1. The van der Waals surface area contributed by atoms with Crippen molar-refractivity contribution >= 4 is 22.4 Å². The van der Waals surface area contributed by atoms with Crippen LogP contribution in [0, 0.1) is 12.8 Å². The highest BCUT2D eigenvalue weighted by Gasteiger charge is 2.36. The van der Waals surface area contributed by atoms with E-state index in [1.54, 1.807) is 4.90 Å². The fraction of sp³-hybridized carbons (Fsp3) is 0.421. The number of aryl methyl sites for hydroxylation is 1. The van der Waals surface area contributed by atoms with Crippen molar-refractivity contribution in [2.45, 2.75) is 19.4 Å². The number of aromatic nitrogens is 1. The summed E-state index contributed by atoms with van der Waals surface area (Å²) in [7, 11) is 5.81. The molecule has 2 atom stereocenters. The van der Waals surface area contributed by atoms with Gasteiger partial charge in [-0.3, -0.25) is 9.69 Å². The predicted molar refractivity (Wildman–Crippen MR) is 93.3 cm³/mol. The number of hydrogen-bond acceptors (Lipinski definition) is 2. The van der Waals surface area contributed by atoms with Crippen molar-refractivity contribution in [1.29, 1.82) is 0 Å². The maximum atomic E-state index is 12.5. The standard InChI is InChI=1S/C19H23N3O/c1-11-5-6-14-15-7-13(19(23)21(2)3)10-22(4)16(15)8-12-9-20-18(11)17(12)14/h5-7,9,13,16,20H,8,10H2,1-4H3. The van der Waals surface area contributed by atoms with Gasteiger partial charge in [0.2, 0.25) is 5.91 Å². The van der Waals surface area contributed by atoms with Crippen molar-refractivity contribution in [2.75, 3.05) is 27.7 Å². The third-order valence-electron chi connectivity index (χ3n) is 5.36. The van der Waals surface area contributed by atoms with E-state index in [0.717, 1.165) is 13.0 Å². The second kappa shape index (κ2) is 4.96. The number of hydrogen-bond donors (Lipinski definition) is 1. The van der Waals surface area contributed by atoms with E-state index in [4.69, 9.17) is 0 Å². The van der Waals surface area contributed by atoms with Gasteiger partial charge < -0.3 is 9.88 Å². The second-order valence-electron chi connectivity index (χ2n) is 7.11. The molecule has 0 bridgehead atoms. The van der Waals surface area contributed by atoms with Gasteiger partial charge in [0.25, 0.3) is 0 Å². The fourth-order valence-corrected chi connectivity index (χ4v) is 4.14. The van der Waals surface area contributed by atoms with Crippen molar-refractivity contribution in [3.05, 3.63) is 41.1 Å². The highest BCUT2D eigenvalue weighted by molar-refractivity contribution is 6.00. The minimum absolute atomic E-state index is 0.0573. The zero-order chi connectivity index (χ0) is 16.3. The minimum Gasteiger partial charge on any atom is -0.361 e. The number of nitrogens with one attached hydrogen (secondary N) is 1. The lowest BCUT2D eigenvalue weighted by molar-refractivity contribution is -0.132. The average Bonchev–Trinajstić information content (AvgIpc) is 2.95. The molecule has 23 heavy (non-hydrogen) atoms. The molecule has 0 spiro atoms. The van der Waals surface area contributed by atoms with Gasteiger partial charge in [-0.2, -0.15) is 0 Å². The maximum Gasteiger partial charge on any atom is 0.230 e. The third kappa shape index (κ3) is 2.05. The number of likely N-dealkylation sites (N-methyl/N-ethyl adjacent to an activating group) is 1. The van der Waals surface area contributed by atoms with Gasteiger partial charge in [-0.25, -0.2) is 0 Å². The Hall–Kier alpha value is -2.07. The summed E-state index contributed by atoms with van der Waals surface area (Å²) < 4.78 is 0. The number of carbonyl (C=O) groups is 1. The quantitative estimate of drug-likeness (QED) is 0.879. The number of rotatable bonds is 1. The first-order valence-corrected chi connectivity index (χ1v) is 8.20. The molecule has 4 heteroatoms. The molecule has 1 amide bonds. The normalized spacial score (nSPS) is 23.6. The van der Waals surface area contributed by atoms with Crippen LogP contribution in [0.1, 0.15) is 16.7 Å². The number of amides is 1. The Morgan fingerprint density at radius 3 is 2.87 bits per heavy atom. The van der Waals surface area contributed by atoms with Crippen LogP contribution in [0.25, 0.3) is 16.5 Å². The molecule has 0 radical (unpaired) electrons. The van der Waals surface area contributed by atoms with Gasteiger partial charge in [-0.05, 0) is 42.7 Å². The summed E-state index contributed by atoms with van der Waals surface area (Å²) >= 11 is 0. The Morgan fingerprint density at radius 2 is 2.13 bits per heavy atom. The van der Waals surface area contributed by atoms with E-state index in [9.17, 15) is 4.79 Å². The first-order valence-electron chi connectivity index (χ1n) is 8.20. The van der Waals surface area contributed by atoms with Gasteiger partial charge in [0.05, 0.1) is 5.92 Å². The Bertz CT molecular complexity index is 830. The highest BCUT2D eigenvalue weighted by Crippen LogP contribution is 2.41. The lowest BCUT2D eigenvalue weighted by Gasteiger charge is -2.40. The van der Waals surface area contributed by atoms with Crippen molar-refractivity contribution in [2.24, 2.45) is 5.92 Å². The molecule has 1 aliphatic carbocycles. The van der Waals surface area contributed by atoms with Crippen molar-refractivity contribution in [3.63, 3.8) is 0 Å². The Balaban J connectivity index is 1.90. The van der Waals surface area contributed by atoms with Crippen LogP contribution in [0.15, 0.2) is 24.4 Å². The number of benzene rings is 1. The van der Waals surface area contributed by atoms with Gasteiger partial charge in [0, 0.05) is 43.8 Å². The molecule has 1 aliphatic heterocycles. The summed E-state index contributed by atoms with van der Waals surface area (Å²) in [6.45, 7) is 2.94. The van der Waals surface area contributed by atoms with Crippen LogP contribution in [-0.2, 0) is 11.2 Å². The lowest BCUT2D eigenvalue weighted by Crippen LogP contribution is -2.46. The Labute approximate surface area is 136 Å². The van der Waals surface area contributed by atoms with E-state index in [0.29, 0.717) is 6.04 Å². The van der Waals surface area contributed by atoms with Crippen LogP contribution in [0.2, 0.25) is 0 Å². The highest BCUT2D eigenvalue weighted by atomic mass is 16.2. The summed E-state index contributed by atoms with van der Waals surface area (Å²) in [4.78, 5) is 19.9. The zero-order valence-corrected chi connectivity index (χ0v) is 14.2. The predicted octanol–water partition coefficient (Wildman–Crippen LogP) is 2.43. The van der Waals surface area contributed by atoms with Crippen LogP contribution < -0.4 is 0 Å². The summed E-state index contributed by atoms with van der Waals surface area (Å²) in [5.41, 5.74) is 6.52. The molecular weight excluding hydrogens is 286 g/mol. The largest absolute Gasteiger partial charge is 0.361 e. The van der Waals surface area contributed by atoms with Crippen LogP contribution >= 0.6 is 0 Å². The smallest absolute Gasteiger partial charge is 0.230 e. The van der Waals surface area contributed by atoms with E-state index in [1.165, 1.54) is 33.2 Å². The van der Waals surface area contributed by atoms with E-state index in [2.05, 4.69) is 48.3 Å². The lowest BCUT2D eigenvalue weighted by atomic mass is 9.79. The van der Waals surface area contributed by atoms with Gasteiger partial charge in [-0.1, -0.05) is 18.2 Å². The maximum absolute atomic E-state index is 12.5. The first kappa shape index (κ1) is 14.5. The van der Waals surface area contributed by atoms with E-state index < -0.39 is 0 Å². The molecule has 2 unspecified atom stereocenters. The Kier molecular flexibility index (Phi) is 3.13. The molecule has 0 fully saturated rings. The minimum atomic E-state index is -0.0573. The molecule has 1 aromatic heterocycles. The number of nitrogens with zero attached hydrogens (tertiary/aromatic N) is 2. The second-order valence-corrected chi connectivity index (χ2v) is 7.11. The summed E-state index contributed by atoms with van der Waals surface area (Å²) in [5.74, 6) is 0.129. The third-order valence-corrected chi connectivity index (χ3v) is 5.36. The summed E-state index contributed by atoms with van der Waals surface area (Å²) in [5, 5.41) is 1.35. The topological polar surface area (TPSA) is 39.3 Å². The number of H-pyrrole nitrogens is 1. The summed E-state index contributed by atoms with van der Waals surface area (Å²) in [6.07, 6.45) is 5.39. The van der Waals surface area contributed by atoms with Crippen molar-refractivity contribution in [1.82, 2.24) is 14.8 Å².